The van der Waals surface area contributed by atoms with E-state index in [1.165, 1.54) is 18.0 Å². The fraction of sp³-hybridized carbons (Fsp3) is 0.235. The van der Waals surface area contributed by atoms with E-state index in [-0.39, 0.29) is 23.2 Å². The van der Waals surface area contributed by atoms with Gasteiger partial charge in [-0.25, -0.2) is 14.8 Å². The van der Waals surface area contributed by atoms with Crippen molar-refractivity contribution in [1.29, 1.82) is 0 Å². The number of nitrogens with one attached hydrogen (secondary N) is 1. The summed E-state index contributed by atoms with van der Waals surface area (Å²) in [5.74, 6) is -0.949. The molecule has 0 saturated carbocycles. The van der Waals surface area contributed by atoms with Crippen LogP contribution in [0, 0.1) is 0 Å². The van der Waals surface area contributed by atoms with Gasteiger partial charge < -0.3 is 10.5 Å². The Hall–Kier alpha value is -4.09. The van der Waals surface area contributed by atoms with Crippen molar-refractivity contribution in [3.63, 3.8) is 0 Å². The molecule has 150 valence electrons. The van der Waals surface area contributed by atoms with Crippen molar-refractivity contribution in [2.24, 2.45) is 5.10 Å². The molecule has 0 spiro atoms. The Kier molecular flexibility index (Phi) is 5.62. The van der Waals surface area contributed by atoms with Crippen LogP contribution < -0.4 is 11.2 Å². The number of rotatable bonds is 6. The normalized spacial score (nSPS) is 11.2. The lowest BCUT2D eigenvalue weighted by Crippen LogP contribution is -2.21. The fourth-order valence-corrected chi connectivity index (χ4v) is 2.50. The summed E-state index contributed by atoms with van der Waals surface area (Å²) in [5, 5.41) is 18.9. The van der Waals surface area contributed by atoms with Crippen LogP contribution in [0.5, 0.6) is 0 Å². The van der Waals surface area contributed by atoms with Crippen LogP contribution in [0.2, 0.25) is 0 Å². The molecule has 0 aliphatic rings. The Bertz CT molecular complexity index is 1050. The first-order valence-corrected chi connectivity index (χ1v) is 8.48. The third-order valence-electron chi connectivity index (χ3n) is 3.87. The molecule has 12 heteroatoms. The Balaban J connectivity index is 1.76. The number of amides is 1. The molecule has 3 aromatic rings. The predicted molar refractivity (Wildman–Crippen MR) is 101 cm³/mol. The number of hydrazone groups is 1. The molecule has 0 aliphatic carbocycles. The second-order valence-corrected chi connectivity index (χ2v) is 6.18. The molecule has 1 aromatic carbocycles. The van der Waals surface area contributed by atoms with E-state index >= 15 is 0 Å². The van der Waals surface area contributed by atoms with Crippen molar-refractivity contribution in [2.45, 2.75) is 19.8 Å². The lowest BCUT2D eigenvalue weighted by Gasteiger charge is -2.08. The first-order valence-electron chi connectivity index (χ1n) is 8.48. The molecule has 0 atom stereocenters. The molecular formula is C17H18N8O4. The lowest BCUT2D eigenvalue weighted by molar-refractivity contribution is 0.0600. The molecular weight excluding hydrogens is 380 g/mol. The maximum absolute atomic E-state index is 12.5. The van der Waals surface area contributed by atoms with Gasteiger partial charge in [0.2, 0.25) is 11.6 Å². The number of methoxy groups -OCH3 is 1. The minimum Gasteiger partial charge on any atom is -0.465 e. The van der Waals surface area contributed by atoms with E-state index in [0.717, 1.165) is 0 Å². The van der Waals surface area contributed by atoms with Gasteiger partial charge >= 0.3 is 5.97 Å². The molecule has 29 heavy (non-hydrogen) atoms. The van der Waals surface area contributed by atoms with Crippen molar-refractivity contribution in [2.75, 3.05) is 12.8 Å². The number of carbonyl (C=O) groups excluding carboxylic acids is 2. The molecule has 0 unspecified atom stereocenters. The van der Waals surface area contributed by atoms with Gasteiger partial charge in [-0.15, -0.1) is 5.10 Å². The second-order valence-electron chi connectivity index (χ2n) is 6.18. The van der Waals surface area contributed by atoms with Crippen molar-refractivity contribution in [3.8, 4) is 5.82 Å². The van der Waals surface area contributed by atoms with Crippen LogP contribution in [-0.4, -0.2) is 50.5 Å². The zero-order valence-corrected chi connectivity index (χ0v) is 15.9. The first kappa shape index (κ1) is 19.7. The molecule has 0 aliphatic heterocycles. The number of nitrogens with zero attached hydrogens (tertiary/aromatic N) is 6. The Morgan fingerprint density at radius 3 is 2.59 bits per heavy atom. The van der Waals surface area contributed by atoms with Gasteiger partial charge in [0.15, 0.2) is 5.69 Å². The molecule has 0 bridgehead atoms. The second kappa shape index (κ2) is 8.29. The topological polar surface area (TPSA) is 163 Å². The maximum atomic E-state index is 12.5. The summed E-state index contributed by atoms with van der Waals surface area (Å²) in [4.78, 5) is 23.9. The standard InChI is InChI=1S/C17H18N8O4/c1-9(2)13-12(20-24-25(13)15-14(18)22-29-23-15)16(26)21-19-8-10-4-6-11(7-5-10)17(27)28-3/h4-9H,1-3H3,(H2,18,22)(H,21,26)/b19-8-. The van der Waals surface area contributed by atoms with Crippen molar-refractivity contribution >= 4 is 23.9 Å². The average molecular weight is 398 g/mol. The zero-order chi connectivity index (χ0) is 21.0. The highest BCUT2D eigenvalue weighted by Crippen LogP contribution is 2.22. The van der Waals surface area contributed by atoms with Crippen molar-refractivity contribution < 1.29 is 19.0 Å². The third kappa shape index (κ3) is 4.10. The van der Waals surface area contributed by atoms with E-state index in [0.29, 0.717) is 16.8 Å². The average Bonchev–Trinajstić information content (AvgIpc) is 3.33. The summed E-state index contributed by atoms with van der Waals surface area (Å²) in [7, 11) is 1.31. The number of ether oxygens (including phenoxy) is 1. The molecule has 3 rings (SSSR count). The van der Waals surface area contributed by atoms with Crippen molar-refractivity contribution in [3.05, 3.63) is 46.8 Å². The van der Waals surface area contributed by atoms with Gasteiger partial charge in [0.1, 0.15) is 0 Å². The number of nitrogens with two attached hydrogens (primary N) is 1. The summed E-state index contributed by atoms with van der Waals surface area (Å²) >= 11 is 0. The van der Waals surface area contributed by atoms with Gasteiger partial charge in [0.25, 0.3) is 5.91 Å². The fourth-order valence-electron chi connectivity index (χ4n) is 2.50. The Labute approximate surface area is 164 Å². The highest BCUT2D eigenvalue weighted by molar-refractivity contribution is 5.94. The van der Waals surface area contributed by atoms with E-state index in [4.69, 9.17) is 5.73 Å². The van der Waals surface area contributed by atoms with Gasteiger partial charge in [-0.05, 0) is 33.9 Å². The Morgan fingerprint density at radius 2 is 2.00 bits per heavy atom. The minimum absolute atomic E-state index is 0.0252. The van der Waals surface area contributed by atoms with E-state index in [1.54, 1.807) is 24.3 Å². The number of esters is 1. The maximum Gasteiger partial charge on any atom is 0.337 e. The number of nitrogen functional groups attached to an aromatic ring is 1. The summed E-state index contributed by atoms with van der Waals surface area (Å²) in [6.07, 6.45) is 1.43. The Morgan fingerprint density at radius 1 is 1.28 bits per heavy atom. The van der Waals surface area contributed by atoms with E-state index in [9.17, 15) is 9.59 Å². The van der Waals surface area contributed by atoms with E-state index in [2.05, 4.69) is 40.5 Å². The highest BCUT2D eigenvalue weighted by Gasteiger charge is 2.25. The molecule has 0 fully saturated rings. The lowest BCUT2D eigenvalue weighted by atomic mass is 10.1. The molecule has 2 heterocycles. The molecule has 2 aromatic heterocycles. The van der Waals surface area contributed by atoms with Crippen LogP contribution in [0.15, 0.2) is 34.0 Å². The van der Waals surface area contributed by atoms with Crippen LogP contribution in [-0.2, 0) is 4.74 Å². The van der Waals surface area contributed by atoms with Crippen LogP contribution in [0.25, 0.3) is 5.82 Å². The number of hydrogen-bond donors (Lipinski definition) is 2. The highest BCUT2D eigenvalue weighted by atomic mass is 16.6. The monoisotopic (exact) mass is 398 g/mol. The summed E-state index contributed by atoms with van der Waals surface area (Å²) < 4.78 is 10.5. The molecule has 1 amide bonds. The number of hydrogen-bond acceptors (Lipinski definition) is 10. The van der Waals surface area contributed by atoms with Gasteiger partial charge in [0.05, 0.1) is 24.6 Å². The SMILES string of the molecule is COC(=O)c1ccc(/C=N\NC(=O)c2nnn(-c3nonc3N)c2C(C)C)cc1. The molecule has 12 nitrogen and oxygen atoms in total. The van der Waals surface area contributed by atoms with Crippen LogP contribution in [0.3, 0.4) is 0 Å². The summed E-state index contributed by atoms with van der Waals surface area (Å²) in [6, 6.07) is 6.51. The number of anilines is 1. The number of carbonyl (C=O) groups is 2. The number of aromatic nitrogens is 5. The van der Waals surface area contributed by atoms with Crippen LogP contribution in [0.4, 0.5) is 5.82 Å². The third-order valence-corrected chi connectivity index (χ3v) is 3.87. The van der Waals surface area contributed by atoms with Gasteiger partial charge in [-0.1, -0.05) is 31.2 Å². The quantitative estimate of drug-likeness (QED) is 0.349. The first-order chi connectivity index (χ1) is 13.9. The van der Waals surface area contributed by atoms with Gasteiger partial charge in [0, 0.05) is 0 Å². The minimum atomic E-state index is -0.558. The zero-order valence-electron chi connectivity index (χ0n) is 15.9. The van der Waals surface area contributed by atoms with Gasteiger partial charge in [-0.3, -0.25) is 4.79 Å². The van der Waals surface area contributed by atoms with Gasteiger partial charge in [-0.2, -0.15) is 9.78 Å². The van der Waals surface area contributed by atoms with E-state index < -0.39 is 11.9 Å². The summed E-state index contributed by atoms with van der Waals surface area (Å²) in [5.41, 5.74) is 9.73. The molecule has 0 saturated heterocycles. The number of benzene rings is 1. The smallest absolute Gasteiger partial charge is 0.337 e. The van der Waals surface area contributed by atoms with Crippen molar-refractivity contribution in [1.82, 2.24) is 30.7 Å². The molecule has 0 radical (unpaired) electrons. The summed E-state index contributed by atoms with van der Waals surface area (Å²) in [6.45, 7) is 3.73. The molecule has 3 N–H and O–H groups in total. The van der Waals surface area contributed by atoms with Crippen LogP contribution >= 0.6 is 0 Å². The van der Waals surface area contributed by atoms with E-state index in [1.807, 2.05) is 13.8 Å². The van der Waals surface area contributed by atoms with Crippen LogP contribution in [0.1, 0.15) is 51.9 Å². The largest absolute Gasteiger partial charge is 0.465 e. The predicted octanol–water partition coefficient (Wildman–Crippen LogP) is 0.906.